The predicted molar refractivity (Wildman–Crippen MR) is 164 cm³/mol. The lowest BCUT2D eigenvalue weighted by Crippen LogP contribution is -2.55. The number of sulfonamides is 1. The Bertz CT molecular complexity index is 1480. The number of halogens is 2. The van der Waals surface area contributed by atoms with Crippen molar-refractivity contribution in [1.82, 2.24) is 10.2 Å². The van der Waals surface area contributed by atoms with E-state index < -0.39 is 34.3 Å². The van der Waals surface area contributed by atoms with Crippen LogP contribution in [-0.2, 0) is 32.6 Å². The number of aryl methyl sites for hydroxylation is 1. The fourth-order valence-electron chi connectivity index (χ4n) is 5.33. The van der Waals surface area contributed by atoms with Crippen molar-refractivity contribution in [1.29, 1.82) is 0 Å². The normalized spacial score (nSPS) is 14.7. The molecule has 42 heavy (non-hydrogen) atoms. The summed E-state index contributed by atoms with van der Waals surface area (Å²) < 4.78 is 40.8. The molecule has 7 nitrogen and oxygen atoms in total. The zero-order valence-corrected chi connectivity index (χ0v) is 25.5. The highest BCUT2D eigenvalue weighted by molar-refractivity contribution is 7.92. The maximum absolute atomic E-state index is 14.2. The number of hydrogen-bond donors (Lipinski definition) is 1. The van der Waals surface area contributed by atoms with Gasteiger partial charge in [-0.15, -0.1) is 0 Å². The van der Waals surface area contributed by atoms with Crippen LogP contribution < -0.4 is 9.62 Å². The Morgan fingerprint density at radius 3 is 2.29 bits per heavy atom. The molecule has 1 fully saturated rings. The molecule has 4 rings (SSSR count). The van der Waals surface area contributed by atoms with Crippen molar-refractivity contribution in [2.75, 3.05) is 17.1 Å². The van der Waals surface area contributed by atoms with Crippen molar-refractivity contribution < 1.29 is 22.4 Å². The van der Waals surface area contributed by atoms with Crippen molar-refractivity contribution in [3.63, 3.8) is 0 Å². The molecule has 1 aliphatic rings. The topological polar surface area (TPSA) is 86.8 Å². The summed E-state index contributed by atoms with van der Waals surface area (Å²) in [5.74, 6) is -1.29. The van der Waals surface area contributed by atoms with Crippen LogP contribution in [0.1, 0.15) is 48.8 Å². The Balaban J connectivity index is 1.73. The molecular formula is C32H37ClFN3O4S. The molecule has 0 saturated heterocycles. The fourth-order valence-corrected chi connectivity index (χ4v) is 6.40. The summed E-state index contributed by atoms with van der Waals surface area (Å²) in [7, 11) is -3.91. The Labute approximate surface area is 252 Å². The molecule has 0 aliphatic heterocycles. The summed E-state index contributed by atoms with van der Waals surface area (Å²) in [5, 5.41) is 3.49. The standard InChI is InChI=1S/C32H37ClFN3O4S/c1-23-13-16-26(33)20-29(23)37(42(2,40)41)22-31(38)36(21-25-14-17-27(34)18-15-25)30(19-24-9-5-3-6-10-24)32(39)35-28-11-7-4-8-12-28/h3,5-6,9-10,13-18,20,28,30H,4,7-8,11-12,19,21-22H2,1-2H3,(H,35,39). The number of carbonyl (C=O) groups is 2. The van der Waals surface area contributed by atoms with Gasteiger partial charge in [-0.1, -0.05) is 79.4 Å². The molecule has 1 atom stereocenters. The number of amides is 2. The van der Waals surface area contributed by atoms with E-state index in [0.29, 0.717) is 16.1 Å². The molecule has 0 bridgehead atoms. The zero-order valence-electron chi connectivity index (χ0n) is 23.9. The molecule has 0 spiro atoms. The molecule has 0 aromatic heterocycles. The van der Waals surface area contributed by atoms with Crippen LogP contribution in [0.3, 0.4) is 0 Å². The second-order valence-electron chi connectivity index (χ2n) is 10.9. The average molecular weight is 614 g/mol. The van der Waals surface area contributed by atoms with Gasteiger partial charge >= 0.3 is 0 Å². The van der Waals surface area contributed by atoms with E-state index in [1.165, 1.54) is 23.1 Å². The van der Waals surface area contributed by atoms with E-state index in [0.717, 1.165) is 48.2 Å². The van der Waals surface area contributed by atoms with Crippen LogP contribution in [0.5, 0.6) is 0 Å². The van der Waals surface area contributed by atoms with Gasteiger partial charge in [-0.25, -0.2) is 12.8 Å². The van der Waals surface area contributed by atoms with Gasteiger partial charge in [0.1, 0.15) is 18.4 Å². The van der Waals surface area contributed by atoms with Crippen LogP contribution in [0.2, 0.25) is 5.02 Å². The number of hydrogen-bond acceptors (Lipinski definition) is 4. The van der Waals surface area contributed by atoms with Gasteiger partial charge in [-0.3, -0.25) is 13.9 Å². The summed E-state index contributed by atoms with van der Waals surface area (Å²) in [6, 6.07) is 19.0. The third kappa shape index (κ3) is 8.55. The Hall–Kier alpha value is -3.43. The van der Waals surface area contributed by atoms with Crippen molar-refractivity contribution >= 4 is 39.1 Å². The van der Waals surface area contributed by atoms with Crippen LogP contribution in [0.15, 0.2) is 72.8 Å². The lowest BCUT2D eigenvalue weighted by Gasteiger charge is -2.35. The van der Waals surface area contributed by atoms with E-state index in [2.05, 4.69) is 5.32 Å². The van der Waals surface area contributed by atoms with Crippen LogP contribution in [-0.4, -0.2) is 50.0 Å². The lowest BCUT2D eigenvalue weighted by molar-refractivity contribution is -0.140. The first-order valence-electron chi connectivity index (χ1n) is 14.1. The van der Waals surface area contributed by atoms with Gasteiger partial charge in [0.15, 0.2) is 0 Å². The maximum Gasteiger partial charge on any atom is 0.244 e. The second kappa shape index (κ2) is 14.2. The van der Waals surface area contributed by atoms with Crippen LogP contribution >= 0.6 is 11.6 Å². The molecule has 1 aliphatic carbocycles. The van der Waals surface area contributed by atoms with Gasteiger partial charge in [0.05, 0.1) is 11.9 Å². The summed E-state index contributed by atoms with van der Waals surface area (Å²) in [6.45, 7) is 1.18. The van der Waals surface area contributed by atoms with E-state index in [4.69, 9.17) is 11.6 Å². The molecule has 1 saturated carbocycles. The molecule has 3 aromatic carbocycles. The van der Waals surface area contributed by atoms with Gasteiger partial charge in [-0.05, 0) is 60.7 Å². The number of nitrogens with one attached hydrogen (secondary N) is 1. The molecule has 224 valence electrons. The van der Waals surface area contributed by atoms with E-state index in [9.17, 15) is 22.4 Å². The third-order valence-corrected chi connectivity index (χ3v) is 8.97. The number of nitrogens with zero attached hydrogens (tertiary/aromatic N) is 2. The number of anilines is 1. The first kappa shape index (κ1) is 31.5. The van der Waals surface area contributed by atoms with Gasteiger partial charge < -0.3 is 10.2 Å². The lowest BCUT2D eigenvalue weighted by atomic mass is 9.94. The number of benzene rings is 3. The number of carbonyl (C=O) groups excluding carboxylic acids is 2. The highest BCUT2D eigenvalue weighted by Gasteiger charge is 2.34. The van der Waals surface area contributed by atoms with E-state index in [1.807, 2.05) is 30.3 Å². The van der Waals surface area contributed by atoms with Crippen LogP contribution in [0, 0.1) is 12.7 Å². The molecule has 3 aromatic rings. The SMILES string of the molecule is Cc1ccc(Cl)cc1N(CC(=O)N(Cc1ccc(F)cc1)C(Cc1ccccc1)C(=O)NC1CCCCC1)S(C)(=O)=O. The fraction of sp³-hybridized carbons (Fsp3) is 0.375. The van der Waals surface area contributed by atoms with Gasteiger partial charge in [0.2, 0.25) is 21.8 Å². The van der Waals surface area contributed by atoms with Crippen LogP contribution in [0.25, 0.3) is 0 Å². The average Bonchev–Trinajstić information content (AvgIpc) is 2.96. The largest absolute Gasteiger partial charge is 0.352 e. The molecular weight excluding hydrogens is 577 g/mol. The maximum atomic E-state index is 14.2. The van der Waals surface area contributed by atoms with E-state index in [1.54, 1.807) is 31.2 Å². The van der Waals surface area contributed by atoms with E-state index in [-0.39, 0.29) is 30.6 Å². The van der Waals surface area contributed by atoms with E-state index >= 15 is 0 Å². The highest BCUT2D eigenvalue weighted by atomic mass is 35.5. The van der Waals surface area contributed by atoms with Crippen molar-refractivity contribution in [2.45, 2.75) is 64.1 Å². The van der Waals surface area contributed by atoms with Gasteiger partial charge in [0.25, 0.3) is 0 Å². The quantitative estimate of drug-likeness (QED) is 0.303. The van der Waals surface area contributed by atoms with Crippen molar-refractivity contribution in [3.05, 3.63) is 100 Å². The molecule has 0 heterocycles. The molecule has 0 radical (unpaired) electrons. The Kier molecular flexibility index (Phi) is 10.6. The monoisotopic (exact) mass is 613 g/mol. The third-order valence-electron chi connectivity index (χ3n) is 7.61. The highest BCUT2D eigenvalue weighted by Crippen LogP contribution is 2.27. The first-order chi connectivity index (χ1) is 20.0. The summed E-state index contributed by atoms with van der Waals surface area (Å²) in [4.78, 5) is 29.6. The van der Waals surface area contributed by atoms with Gasteiger partial charge in [0, 0.05) is 24.0 Å². The molecule has 1 unspecified atom stereocenters. The van der Waals surface area contributed by atoms with Crippen molar-refractivity contribution in [3.8, 4) is 0 Å². The Morgan fingerprint density at radius 1 is 0.976 bits per heavy atom. The van der Waals surface area contributed by atoms with Crippen LogP contribution in [0.4, 0.5) is 10.1 Å². The zero-order chi connectivity index (χ0) is 30.3. The number of rotatable bonds is 11. The van der Waals surface area contributed by atoms with Crippen molar-refractivity contribution in [2.24, 2.45) is 0 Å². The minimum Gasteiger partial charge on any atom is -0.352 e. The molecule has 2 amide bonds. The molecule has 1 N–H and O–H groups in total. The second-order valence-corrected chi connectivity index (χ2v) is 13.2. The van der Waals surface area contributed by atoms with Gasteiger partial charge in [-0.2, -0.15) is 0 Å². The minimum absolute atomic E-state index is 0.00826. The Morgan fingerprint density at radius 2 is 1.64 bits per heavy atom. The molecule has 10 heteroatoms. The predicted octanol–water partition coefficient (Wildman–Crippen LogP) is 5.64. The smallest absolute Gasteiger partial charge is 0.244 e. The summed E-state index contributed by atoms with van der Waals surface area (Å²) in [5.41, 5.74) is 2.37. The summed E-state index contributed by atoms with van der Waals surface area (Å²) in [6.07, 6.45) is 6.16. The summed E-state index contributed by atoms with van der Waals surface area (Å²) >= 11 is 6.20. The first-order valence-corrected chi connectivity index (χ1v) is 16.4. The minimum atomic E-state index is -3.91.